The lowest BCUT2D eigenvalue weighted by atomic mass is 10.0. The van der Waals surface area contributed by atoms with Crippen LogP contribution in [0, 0.1) is 0 Å². The monoisotopic (exact) mass is 229 g/mol. The second-order valence-electron chi connectivity index (χ2n) is 3.81. The Labute approximate surface area is 95.7 Å². The lowest BCUT2D eigenvalue weighted by Crippen LogP contribution is -2.47. The Morgan fingerprint density at radius 2 is 2.12 bits per heavy atom. The number of esters is 2. The highest BCUT2D eigenvalue weighted by molar-refractivity contribution is 5.77. The van der Waals surface area contributed by atoms with Crippen LogP contribution in [0.4, 0.5) is 0 Å². The van der Waals surface area contributed by atoms with Gasteiger partial charge in [0.15, 0.2) is 0 Å². The van der Waals surface area contributed by atoms with Crippen LogP contribution in [0.25, 0.3) is 0 Å². The topological polar surface area (TPSA) is 55.8 Å². The summed E-state index contributed by atoms with van der Waals surface area (Å²) in [6, 6.07) is -0.289. The average Bonchev–Trinajstić information content (AvgIpc) is 2.29. The molecule has 0 spiro atoms. The minimum atomic E-state index is -0.289. The van der Waals surface area contributed by atoms with Crippen molar-refractivity contribution in [1.82, 2.24) is 4.90 Å². The Balaban J connectivity index is 2.53. The number of rotatable bonds is 4. The van der Waals surface area contributed by atoms with E-state index in [1.54, 1.807) is 6.92 Å². The van der Waals surface area contributed by atoms with Crippen molar-refractivity contribution in [1.29, 1.82) is 0 Å². The molecule has 1 aliphatic rings. The zero-order valence-corrected chi connectivity index (χ0v) is 9.90. The molecule has 1 heterocycles. The van der Waals surface area contributed by atoms with Crippen molar-refractivity contribution in [3.8, 4) is 0 Å². The Hall–Kier alpha value is -1.10. The summed E-state index contributed by atoms with van der Waals surface area (Å²) in [6.07, 6.45) is 2.76. The molecule has 1 aliphatic heterocycles. The van der Waals surface area contributed by atoms with Crippen molar-refractivity contribution in [2.24, 2.45) is 0 Å². The maximum Gasteiger partial charge on any atom is 0.323 e. The number of methoxy groups -OCH3 is 1. The molecule has 5 heteroatoms. The maximum atomic E-state index is 11.5. The largest absolute Gasteiger partial charge is 0.468 e. The quantitative estimate of drug-likeness (QED) is 0.660. The number of likely N-dealkylation sites (tertiary alicyclic amines) is 1. The van der Waals surface area contributed by atoms with Crippen molar-refractivity contribution < 1.29 is 19.1 Å². The highest BCUT2D eigenvalue weighted by Crippen LogP contribution is 2.17. The molecule has 0 aromatic carbocycles. The molecule has 1 saturated heterocycles. The van der Waals surface area contributed by atoms with Crippen LogP contribution in [0.2, 0.25) is 0 Å². The van der Waals surface area contributed by atoms with E-state index in [0.717, 1.165) is 25.8 Å². The van der Waals surface area contributed by atoms with Gasteiger partial charge in [-0.05, 0) is 26.3 Å². The standard InChI is InChI=1S/C11H19NO4/c1-3-16-10(13)8-12-7-5-4-6-9(12)11(14)15-2/h9H,3-8H2,1-2H3. The van der Waals surface area contributed by atoms with E-state index in [-0.39, 0.29) is 24.5 Å². The first-order valence-electron chi connectivity index (χ1n) is 5.66. The number of nitrogens with zero attached hydrogens (tertiary/aromatic N) is 1. The number of ether oxygens (including phenoxy) is 2. The molecule has 92 valence electrons. The number of carbonyl (C=O) groups excluding carboxylic acids is 2. The van der Waals surface area contributed by atoms with E-state index in [0.29, 0.717) is 6.61 Å². The van der Waals surface area contributed by atoms with E-state index in [2.05, 4.69) is 0 Å². The third kappa shape index (κ3) is 3.48. The van der Waals surface area contributed by atoms with Gasteiger partial charge in [-0.2, -0.15) is 0 Å². The fraction of sp³-hybridized carbons (Fsp3) is 0.818. The van der Waals surface area contributed by atoms with Crippen LogP contribution in [0.5, 0.6) is 0 Å². The number of carbonyl (C=O) groups is 2. The van der Waals surface area contributed by atoms with Crippen molar-refractivity contribution in [3.63, 3.8) is 0 Å². The fourth-order valence-corrected chi connectivity index (χ4v) is 1.96. The Kier molecular flexibility index (Phi) is 5.25. The molecule has 0 aromatic rings. The summed E-state index contributed by atoms with van der Waals surface area (Å²) in [4.78, 5) is 24.7. The third-order valence-corrected chi connectivity index (χ3v) is 2.72. The van der Waals surface area contributed by atoms with E-state index >= 15 is 0 Å². The molecule has 1 unspecified atom stereocenters. The van der Waals surface area contributed by atoms with Gasteiger partial charge in [0, 0.05) is 0 Å². The summed E-state index contributed by atoms with van der Waals surface area (Å²) in [7, 11) is 1.37. The summed E-state index contributed by atoms with van der Waals surface area (Å²) in [5.74, 6) is -0.540. The van der Waals surface area contributed by atoms with E-state index in [4.69, 9.17) is 9.47 Å². The molecule has 1 fully saturated rings. The first-order valence-corrected chi connectivity index (χ1v) is 5.66. The molecule has 0 aromatic heterocycles. The second kappa shape index (κ2) is 6.48. The van der Waals surface area contributed by atoms with Crippen LogP contribution in [-0.4, -0.2) is 49.7 Å². The number of piperidine rings is 1. The van der Waals surface area contributed by atoms with Crippen LogP contribution in [-0.2, 0) is 19.1 Å². The van der Waals surface area contributed by atoms with Crippen LogP contribution in [0.15, 0.2) is 0 Å². The fourth-order valence-electron chi connectivity index (χ4n) is 1.96. The molecular formula is C11H19NO4. The zero-order chi connectivity index (χ0) is 12.0. The Bertz CT molecular complexity index is 254. The molecular weight excluding hydrogens is 210 g/mol. The van der Waals surface area contributed by atoms with Crippen LogP contribution in [0.3, 0.4) is 0 Å². The predicted molar refractivity (Wildman–Crippen MR) is 57.9 cm³/mol. The lowest BCUT2D eigenvalue weighted by molar-refractivity contribution is -0.152. The summed E-state index contributed by atoms with van der Waals surface area (Å²) in [5, 5.41) is 0. The number of hydrogen-bond donors (Lipinski definition) is 0. The minimum absolute atomic E-state index is 0.174. The van der Waals surface area contributed by atoms with Gasteiger partial charge in [0.25, 0.3) is 0 Å². The van der Waals surface area contributed by atoms with E-state index in [1.807, 2.05) is 4.90 Å². The van der Waals surface area contributed by atoms with Gasteiger partial charge in [-0.15, -0.1) is 0 Å². The molecule has 0 radical (unpaired) electrons. The first-order chi connectivity index (χ1) is 7.69. The molecule has 0 N–H and O–H groups in total. The molecule has 0 saturated carbocycles. The highest BCUT2D eigenvalue weighted by Gasteiger charge is 2.30. The van der Waals surface area contributed by atoms with Crippen molar-refractivity contribution in [3.05, 3.63) is 0 Å². The van der Waals surface area contributed by atoms with Crippen molar-refractivity contribution >= 4 is 11.9 Å². The lowest BCUT2D eigenvalue weighted by Gasteiger charge is -2.32. The van der Waals surface area contributed by atoms with Crippen molar-refractivity contribution in [2.75, 3.05) is 26.8 Å². The number of hydrogen-bond acceptors (Lipinski definition) is 5. The normalized spacial score (nSPS) is 21.5. The second-order valence-corrected chi connectivity index (χ2v) is 3.81. The third-order valence-electron chi connectivity index (χ3n) is 2.72. The van der Waals surface area contributed by atoms with Gasteiger partial charge in [-0.1, -0.05) is 6.42 Å². The van der Waals surface area contributed by atoms with Gasteiger partial charge in [-0.25, -0.2) is 0 Å². The molecule has 0 amide bonds. The highest BCUT2D eigenvalue weighted by atomic mass is 16.5. The Morgan fingerprint density at radius 1 is 1.38 bits per heavy atom. The van der Waals surface area contributed by atoms with E-state index in [1.165, 1.54) is 7.11 Å². The molecule has 0 aliphatic carbocycles. The van der Waals surface area contributed by atoms with E-state index < -0.39 is 0 Å². The molecule has 1 atom stereocenters. The molecule has 1 rings (SSSR count). The smallest absolute Gasteiger partial charge is 0.323 e. The van der Waals surface area contributed by atoms with E-state index in [9.17, 15) is 9.59 Å². The first kappa shape index (κ1) is 13.0. The summed E-state index contributed by atoms with van der Waals surface area (Å²) < 4.78 is 9.60. The SMILES string of the molecule is CCOC(=O)CN1CCCCC1C(=O)OC. The maximum absolute atomic E-state index is 11.5. The zero-order valence-electron chi connectivity index (χ0n) is 9.90. The van der Waals surface area contributed by atoms with Gasteiger partial charge in [-0.3, -0.25) is 14.5 Å². The predicted octanol–water partition coefficient (Wildman–Crippen LogP) is 0.577. The molecule has 5 nitrogen and oxygen atoms in total. The summed E-state index contributed by atoms with van der Waals surface area (Å²) in [6.45, 7) is 3.06. The minimum Gasteiger partial charge on any atom is -0.468 e. The molecule has 0 bridgehead atoms. The van der Waals surface area contributed by atoms with Gasteiger partial charge in [0.2, 0.25) is 0 Å². The van der Waals surface area contributed by atoms with Gasteiger partial charge in [0.05, 0.1) is 20.3 Å². The van der Waals surface area contributed by atoms with Crippen LogP contribution >= 0.6 is 0 Å². The van der Waals surface area contributed by atoms with Crippen LogP contribution < -0.4 is 0 Å². The van der Waals surface area contributed by atoms with Gasteiger partial charge < -0.3 is 9.47 Å². The average molecular weight is 229 g/mol. The summed E-state index contributed by atoms with van der Waals surface area (Å²) in [5.41, 5.74) is 0. The molecule has 16 heavy (non-hydrogen) atoms. The van der Waals surface area contributed by atoms with Crippen molar-refractivity contribution in [2.45, 2.75) is 32.2 Å². The van der Waals surface area contributed by atoms with Gasteiger partial charge >= 0.3 is 11.9 Å². The Morgan fingerprint density at radius 3 is 2.75 bits per heavy atom. The van der Waals surface area contributed by atoms with Crippen LogP contribution in [0.1, 0.15) is 26.2 Å². The summed E-state index contributed by atoms with van der Waals surface area (Å²) >= 11 is 0. The van der Waals surface area contributed by atoms with Gasteiger partial charge in [0.1, 0.15) is 6.04 Å².